The van der Waals surface area contributed by atoms with Gasteiger partial charge in [-0.25, -0.2) is 4.98 Å². The third-order valence-corrected chi connectivity index (χ3v) is 18.3. The van der Waals surface area contributed by atoms with Gasteiger partial charge in [0.1, 0.15) is 24.0 Å². The highest BCUT2D eigenvalue weighted by atomic mass is 16.5. The second-order valence-corrected chi connectivity index (χ2v) is 26.6. The molecule has 0 spiro atoms. The lowest BCUT2D eigenvalue weighted by Crippen LogP contribution is -2.27. The zero-order valence-corrected chi connectivity index (χ0v) is 51.4. The first kappa shape index (κ1) is 55.8. The summed E-state index contributed by atoms with van der Waals surface area (Å²) in [5, 5.41) is 2.35. The Morgan fingerprint density at radius 3 is 1.54 bits per heavy atom. The van der Waals surface area contributed by atoms with Gasteiger partial charge in [-0.2, -0.15) is 0 Å². The molecule has 0 unspecified atom stereocenters. The van der Waals surface area contributed by atoms with Gasteiger partial charge in [0.15, 0.2) is 0 Å². The smallest absolute Gasteiger partial charge is 0.137 e. The third kappa shape index (κ3) is 10.2. The monoisotopic (exact) mass is 1100 g/mol. The van der Waals surface area contributed by atoms with Gasteiger partial charge in [0.2, 0.25) is 0 Å². The van der Waals surface area contributed by atoms with E-state index in [1.54, 1.807) is 0 Å². The first-order valence-corrected chi connectivity index (χ1v) is 30.2. The molecule has 0 aliphatic carbocycles. The van der Waals surface area contributed by atoms with E-state index in [9.17, 15) is 0 Å². The van der Waals surface area contributed by atoms with E-state index in [4.69, 9.17) is 9.72 Å². The molecule has 84 heavy (non-hydrogen) atoms. The fraction of sp³-hybridized carbons (Fsp3) is 0.253. The zero-order valence-electron chi connectivity index (χ0n) is 51.4. The van der Waals surface area contributed by atoms with Crippen LogP contribution in [0.4, 0.5) is 22.7 Å². The van der Waals surface area contributed by atoms with Gasteiger partial charge in [-0.15, -0.1) is 0 Å². The average molecular weight is 1100 g/mol. The first-order valence-electron chi connectivity index (χ1n) is 30.2. The minimum absolute atomic E-state index is 0.0237. The molecular formula is C79H80N4O. The summed E-state index contributed by atoms with van der Waals surface area (Å²) in [5.74, 6) is 3.09. The summed E-state index contributed by atoms with van der Waals surface area (Å²) in [7, 11) is 0. The topological polar surface area (TPSA) is 33.5 Å². The van der Waals surface area contributed by atoms with E-state index in [1.165, 1.54) is 66.6 Å². The van der Waals surface area contributed by atoms with Crippen LogP contribution in [-0.4, -0.2) is 16.2 Å². The summed E-state index contributed by atoms with van der Waals surface area (Å²) in [6.07, 6.45) is 1.96. The van der Waals surface area contributed by atoms with Gasteiger partial charge in [0, 0.05) is 56.7 Å². The second-order valence-electron chi connectivity index (χ2n) is 26.6. The van der Waals surface area contributed by atoms with Crippen LogP contribution in [0.3, 0.4) is 0 Å². The Morgan fingerprint density at radius 1 is 0.393 bits per heavy atom. The fourth-order valence-corrected chi connectivity index (χ4v) is 12.9. The van der Waals surface area contributed by atoms with E-state index in [1.807, 2.05) is 6.20 Å². The summed E-state index contributed by atoms with van der Waals surface area (Å²) in [4.78, 5) is 10.1. The summed E-state index contributed by atoms with van der Waals surface area (Å²) in [6.45, 7) is 30.8. The van der Waals surface area contributed by atoms with Crippen molar-refractivity contribution in [2.75, 3.05) is 16.5 Å². The molecule has 0 N–H and O–H groups in total. The van der Waals surface area contributed by atoms with Crippen LogP contribution in [0.2, 0.25) is 0 Å². The van der Waals surface area contributed by atoms with Crippen LogP contribution in [0.25, 0.3) is 38.8 Å². The highest BCUT2D eigenvalue weighted by Crippen LogP contribution is 2.51. The Bertz CT molecular complexity index is 4120. The third-order valence-electron chi connectivity index (χ3n) is 18.3. The van der Waals surface area contributed by atoms with Gasteiger partial charge < -0.3 is 14.5 Å². The number of pyridine rings is 1. The van der Waals surface area contributed by atoms with E-state index in [0.717, 1.165) is 56.5 Å². The minimum Gasteiger partial charge on any atom is -0.457 e. The van der Waals surface area contributed by atoms with Crippen molar-refractivity contribution < 1.29 is 4.74 Å². The van der Waals surface area contributed by atoms with Gasteiger partial charge in [0.25, 0.3) is 0 Å². The second kappa shape index (κ2) is 21.5. The molecule has 2 aromatic heterocycles. The van der Waals surface area contributed by atoms with Crippen LogP contribution in [0, 0.1) is 0 Å². The number of anilines is 4. The van der Waals surface area contributed by atoms with E-state index < -0.39 is 0 Å². The molecule has 0 atom stereocenters. The molecular weight excluding hydrogens is 1020 g/mol. The fourth-order valence-electron chi connectivity index (χ4n) is 12.9. The van der Waals surface area contributed by atoms with E-state index in [-0.39, 0.29) is 21.7 Å². The van der Waals surface area contributed by atoms with Crippen LogP contribution in [0.5, 0.6) is 11.5 Å². The van der Waals surface area contributed by atoms with E-state index in [2.05, 4.69) is 323 Å². The number of rotatable bonds is 14. The van der Waals surface area contributed by atoms with Crippen molar-refractivity contribution in [3.05, 3.63) is 275 Å². The maximum absolute atomic E-state index is 7.08. The summed E-state index contributed by atoms with van der Waals surface area (Å²) in [5.41, 5.74) is 20.0. The number of benzene rings is 9. The highest BCUT2D eigenvalue weighted by Gasteiger charge is 2.35. The molecule has 0 radical (unpaired) electrons. The lowest BCUT2D eigenvalue weighted by molar-refractivity contribution is 0.483. The van der Waals surface area contributed by atoms with Crippen molar-refractivity contribution in [3.63, 3.8) is 0 Å². The largest absolute Gasteiger partial charge is 0.457 e. The molecule has 0 fully saturated rings. The molecule has 3 heterocycles. The van der Waals surface area contributed by atoms with Crippen molar-refractivity contribution in [2.45, 2.75) is 124 Å². The molecule has 0 saturated carbocycles. The van der Waals surface area contributed by atoms with Crippen LogP contribution in [0.1, 0.15) is 152 Å². The molecule has 5 heteroatoms. The summed E-state index contributed by atoms with van der Waals surface area (Å²) < 4.78 is 9.40. The van der Waals surface area contributed by atoms with Crippen LogP contribution < -0.4 is 14.5 Å². The Morgan fingerprint density at radius 2 is 0.952 bits per heavy atom. The lowest BCUT2D eigenvalue weighted by Gasteiger charge is -2.33. The molecule has 9 aromatic carbocycles. The Labute approximate surface area is 499 Å². The van der Waals surface area contributed by atoms with E-state index >= 15 is 0 Å². The van der Waals surface area contributed by atoms with Crippen LogP contribution in [-0.2, 0) is 21.7 Å². The number of fused-ring (bicyclic) bond motifs is 4. The maximum Gasteiger partial charge on any atom is 0.137 e. The zero-order chi connectivity index (χ0) is 58.9. The van der Waals surface area contributed by atoms with Crippen LogP contribution >= 0.6 is 0 Å². The van der Waals surface area contributed by atoms with Crippen LogP contribution in [0.15, 0.2) is 225 Å². The SMILES string of the molecule is CC(C)c1cccc(C(C)C)c1-c1ccc2c(c1)N(c1cccc(Oc3ccc4c5cc(C(C)(C)C)ccc5n(-c5cc(C(C)(C)c6ccccc6)ccn5)c4c3)c1)CN2c1cc(C(C)(C)c2ccccc2)cc(C(C)(C)c2ccccc2)c1. The Balaban J connectivity index is 0.986. The van der Waals surface area contributed by atoms with Crippen molar-refractivity contribution >= 4 is 44.6 Å². The summed E-state index contributed by atoms with van der Waals surface area (Å²) in [6, 6.07) is 80.7. The minimum atomic E-state index is -0.281. The van der Waals surface area contributed by atoms with Crippen molar-refractivity contribution in [1.82, 2.24) is 9.55 Å². The number of hydrogen-bond acceptors (Lipinski definition) is 4. The summed E-state index contributed by atoms with van der Waals surface area (Å²) >= 11 is 0. The molecule has 0 bridgehead atoms. The Kier molecular flexibility index (Phi) is 14.3. The number of ether oxygens (including phenoxy) is 1. The molecule has 12 rings (SSSR count). The molecule has 1 aliphatic rings. The molecule has 422 valence electrons. The average Bonchev–Trinajstić information content (AvgIpc) is 2.92. The number of nitrogens with zero attached hydrogens (tertiary/aromatic N) is 4. The van der Waals surface area contributed by atoms with Crippen molar-refractivity contribution in [3.8, 4) is 28.4 Å². The lowest BCUT2D eigenvalue weighted by atomic mass is 9.73. The maximum atomic E-state index is 7.08. The van der Waals surface area contributed by atoms with Crippen molar-refractivity contribution in [2.24, 2.45) is 0 Å². The van der Waals surface area contributed by atoms with E-state index in [0.29, 0.717) is 18.5 Å². The molecule has 11 aromatic rings. The first-order chi connectivity index (χ1) is 40.2. The number of aromatic nitrogens is 2. The highest BCUT2D eigenvalue weighted by molar-refractivity contribution is 6.10. The molecule has 5 nitrogen and oxygen atoms in total. The van der Waals surface area contributed by atoms with Gasteiger partial charge in [-0.05, 0) is 151 Å². The predicted octanol–water partition coefficient (Wildman–Crippen LogP) is 21.4. The van der Waals surface area contributed by atoms with Gasteiger partial charge in [0.05, 0.1) is 22.4 Å². The molecule has 0 saturated heterocycles. The quantitative estimate of drug-likeness (QED) is 0.109. The van der Waals surface area contributed by atoms with Crippen molar-refractivity contribution in [1.29, 1.82) is 0 Å². The molecule has 0 amide bonds. The van der Waals surface area contributed by atoms with Gasteiger partial charge in [-0.1, -0.05) is 223 Å². The number of hydrogen-bond donors (Lipinski definition) is 0. The Hall–Kier alpha value is -8.67. The standard InChI is InChI=1S/C79H80N4O/c1-52(2)66-33-24-34-67(53(3)4)75(66)54-35-39-71-73(43-54)81(51-82(71)63-45-60(78(10,11)56-27-19-15-20-28-56)44-61(46-63)79(12,13)57-29-21-16-22-30-57)62-31-23-32-64(49-62)84-65-37-38-68-69-47-58(76(5,6)7)36-40-70(69)83(72(68)50-65)74-48-59(41-42-80-74)77(8,9)55-25-17-14-18-26-55/h14-50,52-53H,51H2,1-13H3. The van der Waals surface area contributed by atoms with Gasteiger partial charge >= 0.3 is 0 Å². The predicted molar refractivity (Wildman–Crippen MR) is 355 cm³/mol. The molecule has 1 aliphatic heterocycles. The van der Waals surface area contributed by atoms with Gasteiger partial charge in [-0.3, -0.25) is 4.57 Å². The normalized spacial score (nSPS) is 13.2.